The summed E-state index contributed by atoms with van der Waals surface area (Å²) in [5.74, 6) is 1.04. The Labute approximate surface area is 164 Å². The average molecular weight is 382 g/mol. The largest absolute Gasteiger partial charge is 0.496 e. The van der Waals surface area contributed by atoms with Gasteiger partial charge >= 0.3 is 0 Å². The van der Waals surface area contributed by atoms with Crippen LogP contribution in [0.1, 0.15) is 47.3 Å². The van der Waals surface area contributed by atoms with E-state index in [9.17, 15) is 9.59 Å². The summed E-state index contributed by atoms with van der Waals surface area (Å²) in [6, 6.07) is 11.1. The number of piperidine rings is 1. The molecule has 0 radical (unpaired) electrons. The van der Waals surface area contributed by atoms with Crippen LogP contribution in [0.4, 0.5) is 5.82 Å². The van der Waals surface area contributed by atoms with Gasteiger partial charge in [-0.05, 0) is 31.0 Å². The van der Waals surface area contributed by atoms with Crippen LogP contribution in [0.2, 0.25) is 0 Å². The fourth-order valence-corrected chi connectivity index (χ4v) is 3.52. The number of pyridine rings is 1. The summed E-state index contributed by atoms with van der Waals surface area (Å²) in [7, 11) is 1.60. The van der Waals surface area contributed by atoms with E-state index in [1.165, 1.54) is 0 Å². The zero-order chi connectivity index (χ0) is 20.1. The topological polar surface area (TPSA) is 97.5 Å². The molecule has 1 aliphatic heterocycles. The van der Waals surface area contributed by atoms with Crippen LogP contribution in [0.5, 0.6) is 5.75 Å². The number of amides is 2. The Kier molecular flexibility index (Phi) is 6.13. The van der Waals surface area contributed by atoms with Crippen LogP contribution < -0.4 is 15.8 Å². The van der Waals surface area contributed by atoms with Crippen molar-refractivity contribution in [3.05, 3.63) is 53.2 Å². The first-order valence-corrected chi connectivity index (χ1v) is 9.41. The van der Waals surface area contributed by atoms with Gasteiger partial charge in [-0.3, -0.25) is 9.59 Å². The number of nitrogens with zero attached hydrogens (tertiary/aromatic N) is 2. The lowest BCUT2D eigenvalue weighted by Gasteiger charge is -2.31. The van der Waals surface area contributed by atoms with E-state index < -0.39 is 0 Å². The number of rotatable bonds is 5. The van der Waals surface area contributed by atoms with Crippen molar-refractivity contribution in [2.24, 2.45) is 0 Å². The number of likely N-dealkylation sites (tertiary alicyclic amines) is 1. The molecule has 0 spiro atoms. The van der Waals surface area contributed by atoms with Crippen molar-refractivity contribution in [2.75, 3.05) is 25.9 Å². The average Bonchev–Trinajstić information content (AvgIpc) is 2.72. The predicted molar refractivity (Wildman–Crippen MR) is 107 cm³/mol. The minimum atomic E-state index is -0.270. The molecule has 0 unspecified atom stereocenters. The van der Waals surface area contributed by atoms with Gasteiger partial charge < -0.3 is 20.7 Å². The highest BCUT2D eigenvalue weighted by molar-refractivity contribution is 5.98. The summed E-state index contributed by atoms with van der Waals surface area (Å²) in [5.41, 5.74) is 8.19. The number of carbonyl (C=O) groups excluding carboxylic acids is 2. The smallest absolute Gasteiger partial charge is 0.255 e. The van der Waals surface area contributed by atoms with Crippen LogP contribution in [0.3, 0.4) is 0 Å². The lowest BCUT2D eigenvalue weighted by molar-refractivity contribution is -0.129. The molecule has 0 aliphatic carbocycles. The molecule has 7 heteroatoms. The predicted octanol–water partition coefficient (Wildman–Crippen LogP) is 2.33. The van der Waals surface area contributed by atoms with Crippen molar-refractivity contribution < 1.29 is 14.3 Å². The van der Waals surface area contributed by atoms with E-state index in [0.29, 0.717) is 12.1 Å². The maximum Gasteiger partial charge on any atom is 0.255 e. The first kappa shape index (κ1) is 19.7. The number of anilines is 1. The van der Waals surface area contributed by atoms with Crippen molar-refractivity contribution in [3.8, 4) is 5.75 Å². The fourth-order valence-electron chi connectivity index (χ4n) is 3.52. The van der Waals surface area contributed by atoms with Gasteiger partial charge in [0.2, 0.25) is 5.91 Å². The molecule has 1 aromatic heterocycles. The Morgan fingerprint density at radius 3 is 2.57 bits per heavy atom. The summed E-state index contributed by atoms with van der Waals surface area (Å²) in [4.78, 5) is 30.3. The quantitative estimate of drug-likeness (QED) is 0.827. The molecule has 1 aromatic carbocycles. The second kappa shape index (κ2) is 8.73. The van der Waals surface area contributed by atoms with Gasteiger partial charge in [-0.1, -0.05) is 18.2 Å². The molecule has 28 heavy (non-hydrogen) atoms. The Hall–Kier alpha value is -3.09. The third kappa shape index (κ3) is 4.42. The number of aromatic nitrogens is 1. The van der Waals surface area contributed by atoms with Crippen LogP contribution >= 0.6 is 0 Å². The van der Waals surface area contributed by atoms with Gasteiger partial charge in [0.15, 0.2) is 0 Å². The molecule has 1 saturated heterocycles. The number of para-hydroxylation sites is 1. The number of nitrogens with one attached hydrogen (secondary N) is 1. The zero-order valence-electron chi connectivity index (χ0n) is 16.3. The Morgan fingerprint density at radius 1 is 1.21 bits per heavy atom. The van der Waals surface area contributed by atoms with E-state index >= 15 is 0 Å². The minimum Gasteiger partial charge on any atom is -0.496 e. The van der Waals surface area contributed by atoms with Crippen molar-refractivity contribution >= 4 is 17.6 Å². The lowest BCUT2D eigenvalue weighted by Crippen LogP contribution is -2.36. The first-order valence-electron chi connectivity index (χ1n) is 9.41. The summed E-state index contributed by atoms with van der Waals surface area (Å²) in [5, 5.41) is 2.86. The Bertz CT molecular complexity index is 860. The lowest BCUT2D eigenvalue weighted by atomic mass is 9.92. The van der Waals surface area contributed by atoms with Crippen LogP contribution in [0.15, 0.2) is 36.4 Å². The first-order chi connectivity index (χ1) is 13.5. The second-order valence-corrected chi connectivity index (χ2v) is 6.94. The van der Waals surface area contributed by atoms with E-state index in [2.05, 4.69) is 10.3 Å². The van der Waals surface area contributed by atoms with Gasteiger partial charge in [0.25, 0.3) is 5.91 Å². The molecule has 2 heterocycles. The second-order valence-electron chi connectivity index (χ2n) is 6.94. The van der Waals surface area contributed by atoms with Gasteiger partial charge in [0.05, 0.1) is 12.7 Å². The highest BCUT2D eigenvalue weighted by atomic mass is 16.5. The van der Waals surface area contributed by atoms with Crippen LogP contribution in [0.25, 0.3) is 0 Å². The number of ether oxygens (including phenoxy) is 1. The maximum absolute atomic E-state index is 12.5. The van der Waals surface area contributed by atoms with E-state index in [-0.39, 0.29) is 23.6 Å². The molecule has 3 N–H and O–H groups in total. The van der Waals surface area contributed by atoms with E-state index in [0.717, 1.165) is 42.9 Å². The number of nitrogens with two attached hydrogens (primary N) is 1. The van der Waals surface area contributed by atoms with Gasteiger partial charge in [0.1, 0.15) is 11.6 Å². The molecule has 0 bridgehead atoms. The monoisotopic (exact) mass is 382 g/mol. The standard InChI is InChI=1S/C21H26N4O3/c1-14(26)25-11-9-15(10-12-25)18-8-7-17(20(22)24-18)21(27)23-13-16-5-3-4-6-19(16)28-2/h3-8,15H,9-13H2,1-2H3,(H2,22,24)(H,23,27). The third-order valence-corrected chi connectivity index (χ3v) is 5.18. The molecule has 1 fully saturated rings. The fraction of sp³-hybridized carbons (Fsp3) is 0.381. The van der Waals surface area contributed by atoms with E-state index in [1.807, 2.05) is 35.2 Å². The van der Waals surface area contributed by atoms with Gasteiger partial charge in [-0.25, -0.2) is 4.98 Å². The third-order valence-electron chi connectivity index (χ3n) is 5.18. The molecule has 3 rings (SSSR count). The van der Waals surface area contributed by atoms with Crippen LogP contribution in [-0.4, -0.2) is 41.9 Å². The number of hydrogen-bond donors (Lipinski definition) is 2. The molecule has 2 aromatic rings. The van der Waals surface area contributed by atoms with Gasteiger partial charge in [0, 0.05) is 43.7 Å². The molecular weight excluding hydrogens is 356 g/mol. The Balaban J connectivity index is 1.64. The molecule has 148 valence electrons. The number of methoxy groups -OCH3 is 1. The van der Waals surface area contributed by atoms with E-state index in [4.69, 9.17) is 10.5 Å². The van der Waals surface area contributed by atoms with Crippen molar-refractivity contribution in [1.29, 1.82) is 0 Å². The van der Waals surface area contributed by atoms with Crippen molar-refractivity contribution in [2.45, 2.75) is 32.2 Å². The highest BCUT2D eigenvalue weighted by Crippen LogP contribution is 2.28. The number of nitrogen functional groups attached to an aromatic ring is 1. The molecule has 1 aliphatic rings. The molecule has 7 nitrogen and oxygen atoms in total. The normalized spacial score (nSPS) is 14.6. The van der Waals surface area contributed by atoms with E-state index in [1.54, 1.807) is 20.1 Å². The molecule has 2 amide bonds. The van der Waals surface area contributed by atoms with Crippen LogP contribution in [0, 0.1) is 0 Å². The summed E-state index contributed by atoms with van der Waals surface area (Å²) in [6.45, 7) is 3.38. The molecule has 0 saturated carbocycles. The highest BCUT2D eigenvalue weighted by Gasteiger charge is 2.24. The summed E-state index contributed by atoms with van der Waals surface area (Å²) in [6.07, 6.45) is 1.71. The summed E-state index contributed by atoms with van der Waals surface area (Å²) < 4.78 is 5.30. The number of hydrogen-bond acceptors (Lipinski definition) is 5. The SMILES string of the molecule is COc1ccccc1CNC(=O)c1ccc(C2CCN(C(C)=O)CC2)nc1N. The summed E-state index contributed by atoms with van der Waals surface area (Å²) >= 11 is 0. The Morgan fingerprint density at radius 2 is 1.93 bits per heavy atom. The zero-order valence-corrected chi connectivity index (χ0v) is 16.3. The number of carbonyl (C=O) groups is 2. The van der Waals surface area contributed by atoms with Crippen LogP contribution in [-0.2, 0) is 11.3 Å². The molecular formula is C21H26N4O3. The minimum absolute atomic E-state index is 0.105. The van der Waals surface area contributed by atoms with Gasteiger partial charge in [-0.2, -0.15) is 0 Å². The van der Waals surface area contributed by atoms with Crippen molar-refractivity contribution in [1.82, 2.24) is 15.2 Å². The maximum atomic E-state index is 12.5. The van der Waals surface area contributed by atoms with Gasteiger partial charge in [-0.15, -0.1) is 0 Å². The molecule has 0 atom stereocenters. The van der Waals surface area contributed by atoms with Crippen molar-refractivity contribution in [3.63, 3.8) is 0 Å². The number of benzene rings is 1.